The fraction of sp³-hybridized carbons (Fsp3) is 0.457. The number of hydrogen-bond donors (Lipinski definition) is 12. The van der Waals surface area contributed by atoms with Crippen LogP contribution in [0.15, 0.2) is 130 Å². The second kappa shape index (κ2) is 39.3. The van der Waals surface area contributed by atoms with Crippen molar-refractivity contribution in [1.82, 2.24) is 61.0 Å². The van der Waals surface area contributed by atoms with Crippen LogP contribution >= 0.6 is 0 Å². The Labute approximate surface area is 734 Å². The number of aryl methyl sites for hydroxylation is 2. The van der Waals surface area contributed by atoms with Gasteiger partial charge in [-0.3, -0.25) is 9.89 Å². The number of aromatic nitrogens is 8. The normalized spacial score (nSPS) is 15.9. The van der Waals surface area contributed by atoms with Crippen LogP contribution < -0.4 is 72.7 Å². The molecule has 0 radical (unpaired) electrons. The molecule has 3 saturated heterocycles. The molecular weight excluding hydrogens is 1640 g/mol. The second-order valence-corrected chi connectivity index (χ2v) is 41.9. The number of hydrogen-bond acceptors (Lipinski definition) is 28. The fourth-order valence-electron chi connectivity index (χ4n) is 16.6. The molecule has 6 aliphatic heterocycles. The molecular formula is C92H120N20O10S3. The molecule has 10 aromatic rings. The van der Waals surface area contributed by atoms with E-state index in [1.165, 1.54) is 22.3 Å². The summed E-state index contributed by atoms with van der Waals surface area (Å²) in [7, 11) is -10.6. The number of anilines is 14. The molecule has 16 rings (SSSR count). The van der Waals surface area contributed by atoms with Crippen molar-refractivity contribution in [3.63, 3.8) is 0 Å². The molecule has 3 fully saturated rings. The average Bonchev–Trinajstić information content (AvgIpc) is 1.68. The van der Waals surface area contributed by atoms with Crippen LogP contribution in [-0.2, 0) is 48.9 Å². The smallest absolute Gasteiger partial charge is 0.254 e. The van der Waals surface area contributed by atoms with Gasteiger partial charge in [-0.2, -0.15) is 35.0 Å². The van der Waals surface area contributed by atoms with Crippen molar-refractivity contribution in [2.75, 3.05) is 94.9 Å². The first-order chi connectivity index (χ1) is 59.9. The van der Waals surface area contributed by atoms with Gasteiger partial charge in [0.2, 0.25) is 17.8 Å². The first-order valence-corrected chi connectivity index (χ1v) is 48.5. The largest absolute Gasteiger partial charge is 0.489 e. The predicted molar refractivity (Wildman–Crippen MR) is 497 cm³/mol. The van der Waals surface area contributed by atoms with E-state index in [1.54, 1.807) is 108 Å². The highest BCUT2D eigenvalue weighted by Crippen LogP contribution is 2.44. The molecule has 12 N–H and O–H groups in total. The number of benzene rings is 6. The van der Waals surface area contributed by atoms with Crippen LogP contribution in [0.1, 0.15) is 196 Å². The number of H-pyrrole nitrogens is 1. The lowest BCUT2D eigenvalue weighted by molar-refractivity contribution is 0.0668. The number of nitrogens with one attached hydrogen (secondary N) is 12. The lowest BCUT2D eigenvalue weighted by Crippen LogP contribution is -2.43. The topological polar surface area (TPSA) is 389 Å². The summed E-state index contributed by atoms with van der Waals surface area (Å²) in [5.41, 5.74) is 12.5. The van der Waals surface area contributed by atoms with E-state index in [0.717, 1.165) is 168 Å². The Kier molecular flexibility index (Phi) is 28.4. The zero-order valence-corrected chi connectivity index (χ0v) is 76.4. The highest BCUT2D eigenvalue weighted by Gasteiger charge is 2.37. The van der Waals surface area contributed by atoms with Gasteiger partial charge in [0.1, 0.15) is 46.3 Å². The minimum absolute atomic E-state index is 0.00174. The van der Waals surface area contributed by atoms with Crippen molar-refractivity contribution in [2.24, 2.45) is 0 Å². The first-order valence-electron chi connectivity index (χ1n) is 43.9. The van der Waals surface area contributed by atoms with Crippen LogP contribution in [0, 0.1) is 13.8 Å². The minimum Gasteiger partial charge on any atom is -0.489 e. The van der Waals surface area contributed by atoms with Crippen molar-refractivity contribution in [2.45, 2.75) is 234 Å². The molecule has 0 bridgehead atoms. The predicted octanol–water partition coefficient (Wildman–Crippen LogP) is 16.7. The highest BCUT2D eigenvalue weighted by atomic mass is 32.2. The number of carbonyl (C=O) groups is 1. The van der Waals surface area contributed by atoms with E-state index < -0.39 is 45.3 Å². The lowest BCUT2D eigenvalue weighted by atomic mass is 9.87. The summed E-state index contributed by atoms with van der Waals surface area (Å²) in [5, 5.41) is 43.0. The van der Waals surface area contributed by atoms with E-state index in [4.69, 9.17) is 39.1 Å². The van der Waals surface area contributed by atoms with Gasteiger partial charge in [0, 0.05) is 42.4 Å². The van der Waals surface area contributed by atoms with Gasteiger partial charge in [-0.15, -0.1) is 0 Å². The van der Waals surface area contributed by atoms with E-state index in [0.29, 0.717) is 92.8 Å². The number of amides is 1. The molecule has 30 nitrogen and oxygen atoms in total. The average molecular weight is 1760 g/mol. The Bertz CT molecular complexity index is 5680. The van der Waals surface area contributed by atoms with Crippen LogP contribution in [-0.4, -0.2) is 169 Å². The van der Waals surface area contributed by atoms with Crippen molar-refractivity contribution < 1.29 is 44.3 Å². The first kappa shape index (κ1) is 90.3. The zero-order valence-electron chi connectivity index (χ0n) is 74.0. The number of carbonyl (C=O) groups excluding carboxylic acids is 1. The molecule has 1 amide bonds. The number of fused-ring (bicyclic) bond motifs is 4. The molecule has 4 aromatic heterocycles. The Morgan fingerprint density at radius 2 is 0.800 bits per heavy atom. The number of sulfone groups is 3. The Hall–Kier alpha value is -11.0. The number of ether oxygens (including phenoxy) is 3. The fourth-order valence-corrected chi connectivity index (χ4v) is 20.2. The van der Waals surface area contributed by atoms with Crippen LogP contribution in [0.4, 0.5) is 81.1 Å². The maximum atomic E-state index is 13.5. The van der Waals surface area contributed by atoms with E-state index in [9.17, 15) is 30.0 Å². The Morgan fingerprint density at radius 1 is 0.424 bits per heavy atom. The third-order valence-corrected chi connectivity index (χ3v) is 29.9. The van der Waals surface area contributed by atoms with Crippen LogP contribution in [0.3, 0.4) is 0 Å². The van der Waals surface area contributed by atoms with Gasteiger partial charge in [-0.25, -0.2) is 25.3 Å². The van der Waals surface area contributed by atoms with Gasteiger partial charge < -0.3 is 77.6 Å². The SMILES string of the molecule is CC(C)Oc1cc2c(cc1Nc1nc(Nc3ccccc3S(=O)(=O)C(C)C)c3cn[nH]c3n1)C(=O)N(C1CCNCC1)C2.Cc1cc(Nc2nc3c(c(Nc4ccccc4S(=O)(=O)C(C)C)n2)CCCN3)c(OC(C)C)cc1C1CCNCC1.Cc1cc(Nc2nc3c(c(Nc4ccccc4S(=O)(=O)C(C)C)n2)CCCN3)c(OC(C)C)cc1C1CCNCC1. The molecule has 10 heterocycles. The summed E-state index contributed by atoms with van der Waals surface area (Å²) in [6.45, 7) is 34.4. The van der Waals surface area contributed by atoms with E-state index in [2.05, 4.69) is 112 Å². The summed E-state index contributed by atoms with van der Waals surface area (Å²) in [6, 6.07) is 33.3. The standard InChI is InChI=1S/2C31H42N6O3S.C30H36N8O4S/c2*1-19(2)40-27-18-24(22-12-15-32-16-13-22)21(5)17-26(27)35-31-36-29-23(9-8-14-33-29)30(37-31)34-25-10-6-7-11-28(25)41(38,39)20(3)4;1-17(2)42-25-13-19-16-38(20-9-11-31-12-10-20)29(39)21(19)14-24(25)34-30-35-27(22-15-32-37-28(22)36-30)33-23-7-5-6-8-26(23)43(40,41)18(3)4/h2*6-7,10-11,17-20,22,32H,8-9,12-16H2,1-5H3,(H3,33,34,35,36,37);5-8,13-15,17-18,20,31H,9-12,16H2,1-4H3,(H3,32,33,34,35,36,37). The number of aromatic amines is 1. The summed E-state index contributed by atoms with van der Waals surface area (Å²) in [6.07, 6.45) is 11.2. The van der Waals surface area contributed by atoms with Crippen LogP contribution in [0.5, 0.6) is 17.2 Å². The monoisotopic (exact) mass is 1760 g/mol. The maximum absolute atomic E-state index is 13.5. The van der Waals surface area contributed by atoms with Gasteiger partial charge in [0.05, 0.1) is 94.5 Å². The number of nitrogens with zero attached hydrogens (tertiary/aromatic N) is 8. The molecule has 666 valence electrons. The number of piperidine rings is 3. The number of para-hydroxylation sites is 3. The van der Waals surface area contributed by atoms with E-state index >= 15 is 0 Å². The van der Waals surface area contributed by atoms with Crippen LogP contribution in [0.2, 0.25) is 0 Å². The Morgan fingerprint density at radius 3 is 1.22 bits per heavy atom. The van der Waals surface area contributed by atoms with Gasteiger partial charge in [-0.05, 0) is 313 Å². The molecule has 0 aliphatic carbocycles. The molecule has 0 saturated carbocycles. The molecule has 0 spiro atoms. The van der Waals surface area contributed by atoms with Crippen molar-refractivity contribution in [1.29, 1.82) is 0 Å². The summed E-state index contributed by atoms with van der Waals surface area (Å²) in [5.74, 6) is 7.23. The van der Waals surface area contributed by atoms with Gasteiger partial charge in [-0.1, -0.05) is 36.4 Å². The van der Waals surface area contributed by atoms with Gasteiger partial charge in [0.25, 0.3) is 5.91 Å². The molecule has 0 unspecified atom stereocenters. The summed E-state index contributed by atoms with van der Waals surface area (Å²) in [4.78, 5) is 44.9. The minimum atomic E-state index is -3.57. The third-order valence-electron chi connectivity index (χ3n) is 23.2. The lowest BCUT2D eigenvalue weighted by Gasteiger charge is -2.31. The summed E-state index contributed by atoms with van der Waals surface area (Å²) >= 11 is 0. The van der Waals surface area contributed by atoms with Crippen molar-refractivity contribution in [3.8, 4) is 17.2 Å². The third kappa shape index (κ3) is 20.9. The molecule has 6 aliphatic rings. The van der Waals surface area contributed by atoms with Gasteiger partial charge in [0.15, 0.2) is 35.2 Å². The van der Waals surface area contributed by atoms with Crippen molar-refractivity contribution in [3.05, 3.63) is 160 Å². The van der Waals surface area contributed by atoms with E-state index in [-0.39, 0.29) is 50.9 Å². The van der Waals surface area contributed by atoms with E-state index in [1.807, 2.05) is 70.7 Å². The Balaban J connectivity index is 0.000000152. The van der Waals surface area contributed by atoms with Gasteiger partial charge >= 0.3 is 0 Å². The quantitative estimate of drug-likeness (QED) is 0.0227. The molecule has 125 heavy (non-hydrogen) atoms. The molecule has 6 aromatic carbocycles. The molecule has 0 atom stereocenters. The van der Waals surface area contributed by atoms with Crippen LogP contribution in [0.25, 0.3) is 11.0 Å². The summed E-state index contributed by atoms with van der Waals surface area (Å²) < 4.78 is 97.4. The highest BCUT2D eigenvalue weighted by molar-refractivity contribution is 7.92. The van der Waals surface area contributed by atoms with Crippen molar-refractivity contribution >= 4 is 128 Å². The second-order valence-electron chi connectivity index (χ2n) is 34.4. The molecule has 33 heteroatoms. The zero-order chi connectivity index (χ0) is 88.6. The maximum Gasteiger partial charge on any atom is 0.254 e. The number of rotatable bonds is 27.